The second-order valence-electron chi connectivity index (χ2n) is 4.12. The Labute approximate surface area is 123 Å². The SMILES string of the molecule is C=C(Br)C[C@H](NC(=O)Cc1c(F)cccc1F)C(N)=O. The molecule has 0 unspecified atom stereocenters. The lowest BCUT2D eigenvalue weighted by atomic mass is 10.1. The summed E-state index contributed by atoms with van der Waals surface area (Å²) in [5.74, 6) is -3.10. The van der Waals surface area contributed by atoms with E-state index in [0.717, 1.165) is 12.1 Å². The molecule has 0 bridgehead atoms. The minimum absolute atomic E-state index is 0.0980. The Morgan fingerprint density at radius 1 is 1.35 bits per heavy atom. The largest absolute Gasteiger partial charge is 0.368 e. The van der Waals surface area contributed by atoms with Crippen LogP contribution in [0.25, 0.3) is 0 Å². The van der Waals surface area contributed by atoms with Gasteiger partial charge in [0.15, 0.2) is 0 Å². The third kappa shape index (κ3) is 4.73. The number of primary amides is 1. The number of nitrogens with two attached hydrogens (primary N) is 1. The van der Waals surface area contributed by atoms with Crippen LogP contribution in [0.15, 0.2) is 29.3 Å². The van der Waals surface area contributed by atoms with Crippen LogP contribution in [0.2, 0.25) is 0 Å². The zero-order chi connectivity index (χ0) is 15.3. The van der Waals surface area contributed by atoms with Gasteiger partial charge in [0, 0.05) is 12.0 Å². The maximum absolute atomic E-state index is 13.4. The predicted molar refractivity (Wildman–Crippen MR) is 73.9 cm³/mol. The molecule has 0 aromatic heterocycles. The van der Waals surface area contributed by atoms with E-state index in [2.05, 4.69) is 27.8 Å². The van der Waals surface area contributed by atoms with Gasteiger partial charge in [-0.05, 0) is 16.6 Å². The van der Waals surface area contributed by atoms with E-state index in [4.69, 9.17) is 5.73 Å². The summed E-state index contributed by atoms with van der Waals surface area (Å²) in [5, 5.41) is 2.31. The summed E-state index contributed by atoms with van der Waals surface area (Å²) >= 11 is 3.05. The van der Waals surface area contributed by atoms with Crippen LogP contribution in [0.5, 0.6) is 0 Å². The van der Waals surface area contributed by atoms with Crippen LogP contribution >= 0.6 is 15.9 Å². The van der Waals surface area contributed by atoms with Crippen molar-refractivity contribution in [2.75, 3.05) is 0 Å². The van der Waals surface area contributed by atoms with Crippen LogP contribution in [0.4, 0.5) is 8.78 Å². The van der Waals surface area contributed by atoms with Crippen LogP contribution in [-0.2, 0) is 16.0 Å². The smallest absolute Gasteiger partial charge is 0.240 e. The van der Waals surface area contributed by atoms with Crippen molar-refractivity contribution >= 4 is 27.7 Å². The van der Waals surface area contributed by atoms with E-state index < -0.39 is 35.9 Å². The minimum Gasteiger partial charge on any atom is -0.368 e. The summed E-state index contributed by atoms with van der Waals surface area (Å²) in [6.45, 7) is 3.53. The Morgan fingerprint density at radius 2 is 1.90 bits per heavy atom. The normalized spacial score (nSPS) is 11.8. The molecule has 3 N–H and O–H groups in total. The quantitative estimate of drug-likeness (QED) is 0.823. The first-order valence-electron chi connectivity index (χ1n) is 5.66. The monoisotopic (exact) mass is 346 g/mol. The van der Waals surface area contributed by atoms with Gasteiger partial charge in [0.2, 0.25) is 11.8 Å². The van der Waals surface area contributed by atoms with Crippen LogP contribution in [-0.4, -0.2) is 17.9 Å². The van der Waals surface area contributed by atoms with Crippen molar-refractivity contribution in [3.8, 4) is 0 Å². The number of hydrogen-bond acceptors (Lipinski definition) is 2. The number of nitrogens with one attached hydrogen (secondary N) is 1. The van der Waals surface area contributed by atoms with Gasteiger partial charge in [0.1, 0.15) is 17.7 Å². The van der Waals surface area contributed by atoms with Gasteiger partial charge < -0.3 is 11.1 Å². The van der Waals surface area contributed by atoms with Crippen molar-refractivity contribution in [2.45, 2.75) is 18.9 Å². The highest BCUT2D eigenvalue weighted by Crippen LogP contribution is 2.14. The van der Waals surface area contributed by atoms with E-state index >= 15 is 0 Å². The van der Waals surface area contributed by atoms with Gasteiger partial charge in [-0.2, -0.15) is 0 Å². The Balaban J connectivity index is 2.76. The van der Waals surface area contributed by atoms with Crippen molar-refractivity contribution in [1.82, 2.24) is 5.32 Å². The molecule has 2 amide bonds. The highest BCUT2D eigenvalue weighted by molar-refractivity contribution is 9.11. The highest BCUT2D eigenvalue weighted by Gasteiger charge is 2.20. The highest BCUT2D eigenvalue weighted by atomic mass is 79.9. The lowest BCUT2D eigenvalue weighted by Gasteiger charge is -2.15. The fourth-order valence-corrected chi connectivity index (χ4v) is 1.88. The zero-order valence-electron chi connectivity index (χ0n) is 10.5. The number of hydrogen-bond donors (Lipinski definition) is 2. The Hall–Kier alpha value is -1.76. The van der Waals surface area contributed by atoms with Gasteiger partial charge in [0.05, 0.1) is 6.42 Å². The van der Waals surface area contributed by atoms with Gasteiger partial charge in [-0.25, -0.2) is 8.78 Å². The fourth-order valence-electron chi connectivity index (χ4n) is 1.55. The van der Waals surface area contributed by atoms with Gasteiger partial charge >= 0.3 is 0 Å². The van der Waals surface area contributed by atoms with Crippen LogP contribution < -0.4 is 11.1 Å². The third-order valence-corrected chi connectivity index (χ3v) is 2.83. The minimum atomic E-state index is -0.982. The van der Waals surface area contributed by atoms with E-state index in [9.17, 15) is 18.4 Å². The molecule has 0 saturated heterocycles. The van der Waals surface area contributed by atoms with Crippen molar-refractivity contribution in [3.05, 3.63) is 46.5 Å². The topological polar surface area (TPSA) is 72.2 Å². The molecule has 0 aliphatic heterocycles. The number of rotatable bonds is 6. The molecule has 0 fully saturated rings. The van der Waals surface area contributed by atoms with Crippen molar-refractivity contribution in [2.24, 2.45) is 5.73 Å². The van der Waals surface area contributed by atoms with E-state index in [1.807, 2.05) is 0 Å². The van der Waals surface area contributed by atoms with Crippen molar-refractivity contribution in [3.63, 3.8) is 0 Å². The lowest BCUT2D eigenvalue weighted by molar-refractivity contribution is -0.127. The molecule has 0 heterocycles. The molecular formula is C13H13BrF2N2O2. The van der Waals surface area contributed by atoms with Crippen LogP contribution in [0.1, 0.15) is 12.0 Å². The maximum atomic E-state index is 13.4. The summed E-state index contributed by atoms with van der Waals surface area (Å²) in [6, 6.07) is 2.33. The van der Waals surface area contributed by atoms with Crippen LogP contribution in [0.3, 0.4) is 0 Å². The molecule has 4 nitrogen and oxygen atoms in total. The number of benzene rings is 1. The Bertz CT molecular complexity index is 529. The van der Waals surface area contributed by atoms with Gasteiger partial charge in [-0.1, -0.05) is 28.6 Å². The molecule has 1 atom stereocenters. The molecule has 0 saturated carbocycles. The fraction of sp³-hybridized carbons (Fsp3) is 0.231. The van der Waals surface area contributed by atoms with Gasteiger partial charge in [0.25, 0.3) is 0 Å². The summed E-state index contributed by atoms with van der Waals surface area (Å²) < 4.78 is 27.2. The summed E-state index contributed by atoms with van der Waals surface area (Å²) in [7, 11) is 0. The van der Waals surface area contributed by atoms with Crippen molar-refractivity contribution in [1.29, 1.82) is 0 Å². The molecule has 0 aliphatic carbocycles. The maximum Gasteiger partial charge on any atom is 0.240 e. The average molecular weight is 347 g/mol. The number of halogens is 3. The van der Waals surface area contributed by atoms with E-state index in [1.54, 1.807) is 0 Å². The van der Waals surface area contributed by atoms with E-state index in [0.29, 0.717) is 4.48 Å². The third-order valence-electron chi connectivity index (χ3n) is 2.50. The molecule has 108 valence electrons. The number of amides is 2. The Morgan fingerprint density at radius 3 is 2.35 bits per heavy atom. The molecule has 1 aromatic rings. The van der Waals surface area contributed by atoms with Gasteiger partial charge in [-0.3, -0.25) is 9.59 Å². The predicted octanol–water partition coefficient (Wildman–Crippen LogP) is 1.78. The first-order chi connectivity index (χ1) is 9.31. The summed E-state index contributed by atoms with van der Waals surface area (Å²) in [4.78, 5) is 22.9. The summed E-state index contributed by atoms with van der Waals surface area (Å²) in [5.41, 5.74) is 4.77. The average Bonchev–Trinajstić information content (AvgIpc) is 2.32. The standard InChI is InChI=1S/C13H13BrF2N2O2/c1-7(14)5-11(13(17)20)18-12(19)6-8-9(15)3-2-4-10(8)16/h2-4,11H,1,5-6H2,(H2,17,20)(H,18,19)/t11-/m0/s1. The van der Waals surface area contributed by atoms with Gasteiger partial charge in [-0.15, -0.1) is 0 Å². The molecule has 1 aromatic carbocycles. The van der Waals surface area contributed by atoms with Crippen LogP contribution in [0, 0.1) is 11.6 Å². The first kappa shape index (κ1) is 16.3. The second-order valence-corrected chi connectivity index (χ2v) is 5.24. The first-order valence-corrected chi connectivity index (χ1v) is 6.45. The molecule has 0 aliphatic rings. The molecule has 0 spiro atoms. The Kier molecular flexibility index (Phi) is 5.82. The lowest BCUT2D eigenvalue weighted by Crippen LogP contribution is -2.45. The van der Waals surface area contributed by atoms with E-state index in [1.165, 1.54) is 6.07 Å². The number of carbonyl (C=O) groups is 2. The molecule has 7 heteroatoms. The second kappa shape index (κ2) is 7.14. The number of carbonyl (C=O) groups excluding carboxylic acids is 2. The molecule has 0 radical (unpaired) electrons. The summed E-state index contributed by atoms with van der Waals surface area (Å²) in [6.07, 6.45) is -0.419. The molecule has 20 heavy (non-hydrogen) atoms. The zero-order valence-corrected chi connectivity index (χ0v) is 12.0. The van der Waals surface area contributed by atoms with Crippen molar-refractivity contribution < 1.29 is 18.4 Å². The molecular weight excluding hydrogens is 334 g/mol. The molecule has 1 rings (SSSR count). The van der Waals surface area contributed by atoms with E-state index in [-0.39, 0.29) is 12.0 Å².